The van der Waals surface area contributed by atoms with Gasteiger partial charge in [0.25, 0.3) is 17.4 Å². The van der Waals surface area contributed by atoms with Crippen molar-refractivity contribution in [2.45, 2.75) is 19.4 Å². The van der Waals surface area contributed by atoms with E-state index in [-0.39, 0.29) is 30.3 Å². The van der Waals surface area contributed by atoms with Crippen LogP contribution in [-0.4, -0.2) is 54.9 Å². The maximum Gasteiger partial charge on any atom is 0.263 e. The van der Waals surface area contributed by atoms with Crippen molar-refractivity contribution in [3.63, 3.8) is 0 Å². The Morgan fingerprint density at radius 2 is 1.68 bits per heavy atom. The van der Waals surface area contributed by atoms with Crippen molar-refractivity contribution in [1.82, 2.24) is 29.4 Å². The number of nitrogens with one attached hydrogen (secondary N) is 1. The van der Waals surface area contributed by atoms with Gasteiger partial charge in [0.2, 0.25) is 5.88 Å². The Bertz CT molecular complexity index is 1720. The van der Waals surface area contributed by atoms with Crippen LogP contribution in [-0.2, 0) is 19.4 Å². The second-order valence-electron chi connectivity index (χ2n) is 8.73. The molecule has 37 heavy (non-hydrogen) atoms. The van der Waals surface area contributed by atoms with E-state index < -0.39 is 0 Å². The number of fused-ring (bicyclic) bond motifs is 3. The van der Waals surface area contributed by atoms with Gasteiger partial charge in [-0.15, -0.1) is 0 Å². The smallest absolute Gasteiger partial charge is 0.263 e. The van der Waals surface area contributed by atoms with E-state index in [1.807, 2.05) is 12.3 Å². The molecule has 0 fully saturated rings. The largest absolute Gasteiger partial charge is 0.481 e. The van der Waals surface area contributed by atoms with E-state index in [9.17, 15) is 14.4 Å². The van der Waals surface area contributed by atoms with Crippen molar-refractivity contribution >= 4 is 33.9 Å². The molecule has 4 aromatic heterocycles. The Hall–Kier alpha value is -4.86. The SMILES string of the molecule is COc1ccc2[nH]cc(CCn3c(CCN4C(=O)c5ccccc5C4=O)nc4ncccc4c3=O)c2n1. The molecule has 0 saturated carbocycles. The van der Waals surface area contributed by atoms with Crippen LogP contribution in [0.25, 0.3) is 22.1 Å². The third-order valence-corrected chi connectivity index (χ3v) is 6.64. The molecule has 0 bridgehead atoms. The summed E-state index contributed by atoms with van der Waals surface area (Å²) >= 11 is 0. The van der Waals surface area contributed by atoms with Crippen molar-refractivity contribution < 1.29 is 14.3 Å². The molecule has 0 radical (unpaired) electrons. The summed E-state index contributed by atoms with van der Waals surface area (Å²) in [7, 11) is 1.56. The minimum Gasteiger partial charge on any atom is -0.481 e. The van der Waals surface area contributed by atoms with E-state index in [2.05, 4.69) is 19.9 Å². The van der Waals surface area contributed by atoms with Gasteiger partial charge in [0.05, 0.1) is 34.7 Å². The van der Waals surface area contributed by atoms with E-state index in [0.717, 1.165) is 16.6 Å². The zero-order valence-electron chi connectivity index (χ0n) is 20.0. The third-order valence-electron chi connectivity index (χ3n) is 6.64. The van der Waals surface area contributed by atoms with Crippen LogP contribution in [0.4, 0.5) is 0 Å². The fourth-order valence-electron chi connectivity index (χ4n) is 4.75. The van der Waals surface area contributed by atoms with Gasteiger partial charge in [0.15, 0.2) is 5.65 Å². The van der Waals surface area contributed by atoms with Gasteiger partial charge in [-0.05, 0) is 42.3 Å². The predicted octanol–water partition coefficient (Wildman–Crippen LogP) is 2.76. The highest BCUT2D eigenvalue weighted by molar-refractivity contribution is 6.21. The highest BCUT2D eigenvalue weighted by atomic mass is 16.5. The molecular weight excluding hydrogens is 472 g/mol. The van der Waals surface area contributed by atoms with Crippen LogP contribution in [0.2, 0.25) is 0 Å². The van der Waals surface area contributed by atoms with Crippen molar-refractivity contribution in [3.05, 3.63) is 93.8 Å². The summed E-state index contributed by atoms with van der Waals surface area (Å²) in [6.45, 7) is 0.433. The summed E-state index contributed by atoms with van der Waals surface area (Å²) in [5, 5.41) is 0.408. The fraction of sp³-hybridized carbons (Fsp3) is 0.185. The van der Waals surface area contributed by atoms with Gasteiger partial charge in [-0.2, -0.15) is 0 Å². The molecule has 0 aliphatic carbocycles. The lowest BCUT2D eigenvalue weighted by Gasteiger charge is -2.17. The summed E-state index contributed by atoms with van der Waals surface area (Å²) in [6.07, 6.45) is 4.18. The standard InChI is InChI=1S/C27H22N6O4/c1-37-22-9-8-20-23(31-22)16(15-29-20)10-13-32-21(30-24-19(27(32)36)7-4-12-28-24)11-14-33-25(34)17-5-2-3-6-18(17)26(33)35/h2-9,12,15,29H,10-11,13-14H2,1H3. The van der Waals surface area contributed by atoms with Gasteiger partial charge >= 0.3 is 0 Å². The quantitative estimate of drug-likeness (QED) is 0.345. The maximum absolute atomic E-state index is 13.5. The van der Waals surface area contributed by atoms with Gasteiger partial charge in [0, 0.05) is 38.0 Å². The summed E-state index contributed by atoms with van der Waals surface area (Å²) in [5.41, 5.74) is 3.46. The number of carbonyl (C=O) groups excluding carboxylic acids is 2. The van der Waals surface area contributed by atoms with E-state index in [1.165, 1.54) is 4.90 Å². The monoisotopic (exact) mass is 494 g/mol. The average molecular weight is 495 g/mol. The lowest BCUT2D eigenvalue weighted by atomic mass is 10.1. The van der Waals surface area contributed by atoms with Gasteiger partial charge in [0.1, 0.15) is 5.82 Å². The molecule has 0 spiro atoms. The summed E-state index contributed by atoms with van der Waals surface area (Å²) in [4.78, 5) is 57.0. The predicted molar refractivity (Wildman–Crippen MR) is 136 cm³/mol. The van der Waals surface area contributed by atoms with Crippen molar-refractivity contribution in [1.29, 1.82) is 0 Å². The first-order valence-electron chi connectivity index (χ1n) is 11.9. The van der Waals surface area contributed by atoms with E-state index in [1.54, 1.807) is 60.3 Å². The molecule has 6 rings (SSSR count). The number of carbonyl (C=O) groups is 2. The first-order chi connectivity index (χ1) is 18.0. The minimum atomic E-state index is -0.341. The van der Waals surface area contributed by atoms with E-state index in [0.29, 0.717) is 46.8 Å². The molecule has 1 aliphatic heterocycles. The lowest BCUT2D eigenvalue weighted by Crippen LogP contribution is -2.34. The van der Waals surface area contributed by atoms with Gasteiger partial charge < -0.3 is 9.72 Å². The van der Waals surface area contributed by atoms with E-state index >= 15 is 0 Å². The number of aromatic nitrogens is 5. The number of nitrogens with zero attached hydrogens (tertiary/aromatic N) is 5. The number of ether oxygens (including phenoxy) is 1. The van der Waals surface area contributed by atoms with Crippen LogP contribution in [0.5, 0.6) is 5.88 Å². The molecule has 0 saturated heterocycles. The number of hydrogen-bond donors (Lipinski definition) is 1. The molecule has 10 heteroatoms. The van der Waals surface area contributed by atoms with Crippen molar-refractivity contribution in [2.24, 2.45) is 0 Å². The second-order valence-corrected chi connectivity index (χ2v) is 8.73. The highest BCUT2D eigenvalue weighted by Gasteiger charge is 2.35. The number of aryl methyl sites for hydroxylation is 1. The zero-order valence-corrected chi connectivity index (χ0v) is 20.0. The van der Waals surface area contributed by atoms with Crippen LogP contribution in [0.3, 0.4) is 0 Å². The average Bonchev–Trinajstić information content (AvgIpc) is 3.44. The number of aromatic amines is 1. The summed E-state index contributed by atoms with van der Waals surface area (Å²) in [6, 6.07) is 13.8. The Morgan fingerprint density at radius 3 is 2.43 bits per heavy atom. The van der Waals surface area contributed by atoms with Crippen LogP contribution >= 0.6 is 0 Å². The van der Waals surface area contributed by atoms with Gasteiger partial charge in [-0.1, -0.05) is 12.1 Å². The summed E-state index contributed by atoms with van der Waals surface area (Å²) < 4.78 is 6.86. The Kier molecular flexibility index (Phi) is 5.48. The first-order valence-corrected chi connectivity index (χ1v) is 11.9. The molecule has 2 amide bonds. The fourth-order valence-corrected chi connectivity index (χ4v) is 4.75. The molecule has 0 unspecified atom stereocenters. The Labute approximate surface area is 210 Å². The van der Waals surface area contributed by atoms with Gasteiger partial charge in [-0.25, -0.2) is 15.0 Å². The van der Waals surface area contributed by atoms with Crippen LogP contribution in [0.15, 0.2) is 65.7 Å². The maximum atomic E-state index is 13.5. The Morgan fingerprint density at radius 1 is 0.892 bits per heavy atom. The number of benzene rings is 1. The van der Waals surface area contributed by atoms with Crippen LogP contribution in [0, 0.1) is 0 Å². The highest BCUT2D eigenvalue weighted by Crippen LogP contribution is 2.23. The van der Waals surface area contributed by atoms with E-state index in [4.69, 9.17) is 4.74 Å². The third kappa shape index (κ3) is 3.83. The number of amides is 2. The number of rotatable bonds is 7. The van der Waals surface area contributed by atoms with Crippen molar-refractivity contribution in [3.8, 4) is 5.88 Å². The molecule has 10 nitrogen and oxygen atoms in total. The normalized spacial score (nSPS) is 13.1. The molecular formula is C27H22N6O4. The number of pyridine rings is 2. The summed E-state index contributed by atoms with van der Waals surface area (Å²) in [5.74, 6) is 0.281. The topological polar surface area (TPSA) is 123 Å². The Balaban J connectivity index is 1.32. The minimum absolute atomic E-state index is 0.100. The molecule has 1 aliphatic rings. The number of H-pyrrole nitrogens is 1. The molecule has 5 heterocycles. The zero-order chi connectivity index (χ0) is 25.5. The number of imide groups is 1. The van der Waals surface area contributed by atoms with Crippen molar-refractivity contribution in [2.75, 3.05) is 13.7 Å². The van der Waals surface area contributed by atoms with Crippen LogP contribution in [0.1, 0.15) is 32.1 Å². The number of methoxy groups -OCH3 is 1. The molecule has 184 valence electrons. The molecule has 0 atom stereocenters. The second kappa shape index (κ2) is 8.98. The molecule has 1 N–H and O–H groups in total. The van der Waals surface area contributed by atoms with Gasteiger partial charge in [-0.3, -0.25) is 23.9 Å². The lowest BCUT2D eigenvalue weighted by molar-refractivity contribution is 0.0655. The first kappa shape index (κ1) is 22.6. The molecule has 1 aromatic carbocycles. The molecule has 5 aromatic rings. The number of hydrogen-bond acceptors (Lipinski definition) is 7. The van der Waals surface area contributed by atoms with Crippen LogP contribution < -0.4 is 10.3 Å².